The molecular weight excluding hydrogens is 1010 g/mol. The largest absolute Gasteiger partial charge is 0.545 e. The van der Waals surface area contributed by atoms with Crippen LogP contribution in [-0.4, -0.2) is 82.3 Å². The Balaban J connectivity index is 4.25. The number of carbonyl (C=O) groups is 3. The SMILES string of the molecule is CC/C=C\C/C=C\C/C=C\C/C=C\C/C=C\C/C=C\C/C=C\C/C=C\C/C=C\C/C=C\C/C=C\C/C=C\CCCCCCC(=O)OC(COC(=O)CCCCCCC/C=C\CCCCCCCC)COC(OCC[N+](C)(C)C)C(=O)[O-]. The van der Waals surface area contributed by atoms with Crippen molar-refractivity contribution in [2.75, 3.05) is 47.5 Å². The summed E-state index contributed by atoms with van der Waals surface area (Å²) in [7, 11) is 5.90. The van der Waals surface area contributed by atoms with E-state index >= 15 is 0 Å². The molecular formula is C72H115NO8. The minimum absolute atomic E-state index is 0.133. The second-order valence-corrected chi connectivity index (χ2v) is 21.6. The predicted octanol–water partition coefficient (Wildman–Crippen LogP) is 18.0. The van der Waals surface area contributed by atoms with Crippen LogP contribution in [0.3, 0.4) is 0 Å². The molecule has 0 amide bonds. The number of likely N-dealkylation sites (N-methyl/N-ethyl adjacent to an activating group) is 1. The van der Waals surface area contributed by atoms with Gasteiger partial charge in [0.15, 0.2) is 12.4 Å². The van der Waals surface area contributed by atoms with Gasteiger partial charge in [-0.25, -0.2) is 0 Å². The highest BCUT2D eigenvalue weighted by Crippen LogP contribution is 2.13. The van der Waals surface area contributed by atoms with Gasteiger partial charge in [-0.3, -0.25) is 9.59 Å². The highest BCUT2D eigenvalue weighted by molar-refractivity contribution is 5.70. The van der Waals surface area contributed by atoms with Crippen molar-refractivity contribution in [2.24, 2.45) is 0 Å². The summed E-state index contributed by atoms with van der Waals surface area (Å²) in [5, 5.41) is 11.8. The Kier molecular flexibility index (Phi) is 57.2. The van der Waals surface area contributed by atoms with Crippen LogP contribution in [0, 0.1) is 0 Å². The van der Waals surface area contributed by atoms with Crippen LogP contribution in [0.15, 0.2) is 158 Å². The summed E-state index contributed by atoms with van der Waals surface area (Å²) in [6, 6.07) is 0. The summed E-state index contributed by atoms with van der Waals surface area (Å²) in [6.07, 6.45) is 87.4. The number of unbranched alkanes of at least 4 members (excludes halogenated alkanes) is 15. The van der Waals surface area contributed by atoms with Crippen LogP contribution < -0.4 is 5.11 Å². The molecule has 0 aromatic heterocycles. The van der Waals surface area contributed by atoms with Crippen molar-refractivity contribution in [3.63, 3.8) is 0 Å². The molecule has 0 radical (unpaired) electrons. The van der Waals surface area contributed by atoms with Crippen LogP contribution in [0.1, 0.15) is 219 Å². The van der Waals surface area contributed by atoms with Crippen molar-refractivity contribution < 1.29 is 42.9 Å². The molecule has 0 aliphatic rings. The van der Waals surface area contributed by atoms with E-state index in [1.54, 1.807) is 0 Å². The summed E-state index contributed by atoms with van der Waals surface area (Å²) in [5.41, 5.74) is 0. The van der Waals surface area contributed by atoms with E-state index in [1.807, 2.05) is 21.1 Å². The van der Waals surface area contributed by atoms with Gasteiger partial charge in [-0.15, -0.1) is 0 Å². The van der Waals surface area contributed by atoms with Crippen LogP contribution in [0.5, 0.6) is 0 Å². The average molecular weight is 1120 g/mol. The molecule has 9 heteroatoms. The van der Waals surface area contributed by atoms with Crippen LogP contribution in [0.4, 0.5) is 0 Å². The summed E-state index contributed by atoms with van der Waals surface area (Å²) in [5.74, 6) is -2.35. The molecule has 0 saturated carbocycles. The molecule has 0 saturated heterocycles. The Morgan fingerprint density at radius 2 is 0.704 bits per heavy atom. The highest BCUT2D eigenvalue weighted by Gasteiger charge is 2.22. The minimum Gasteiger partial charge on any atom is -0.545 e. The summed E-state index contributed by atoms with van der Waals surface area (Å²) in [4.78, 5) is 37.3. The van der Waals surface area contributed by atoms with E-state index in [0.29, 0.717) is 17.4 Å². The van der Waals surface area contributed by atoms with E-state index in [1.165, 1.54) is 44.9 Å². The number of rotatable bonds is 56. The summed E-state index contributed by atoms with van der Waals surface area (Å²) >= 11 is 0. The van der Waals surface area contributed by atoms with Gasteiger partial charge in [0.25, 0.3) is 0 Å². The maximum Gasteiger partial charge on any atom is 0.306 e. The second-order valence-electron chi connectivity index (χ2n) is 21.6. The van der Waals surface area contributed by atoms with Gasteiger partial charge in [-0.2, -0.15) is 0 Å². The third kappa shape index (κ3) is 62.4. The zero-order valence-electron chi connectivity index (χ0n) is 51.8. The first-order valence-corrected chi connectivity index (χ1v) is 31.6. The van der Waals surface area contributed by atoms with Gasteiger partial charge in [-0.05, 0) is 128 Å². The van der Waals surface area contributed by atoms with E-state index in [4.69, 9.17) is 18.9 Å². The fraction of sp³-hybridized carbons (Fsp3) is 0.597. The predicted molar refractivity (Wildman–Crippen MR) is 342 cm³/mol. The van der Waals surface area contributed by atoms with Crippen LogP contribution in [-0.2, 0) is 33.3 Å². The maximum atomic E-state index is 12.9. The number of aliphatic carboxylic acids is 1. The Labute approximate surface area is 495 Å². The molecule has 81 heavy (non-hydrogen) atoms. The molecule has 0 bridgehead atoms. The smallest absolute Gasteiger partial charge is 0.306 e. The van der Waals surface area contributed by atoms with Crippen molar-refractivity contribution in [1.82, 2.24) is 0 Å². The van der Waals surface area contributed by atoms with Crippen molar-refractivity contribution in [1.29, 1.82) is 0 Å². The highest BCUT2D eigenvalue weighted by atomic mass is 16.7. The van der Waals surface area contributed by atoms with Gasteiger partial charge in [0.2, 0.25) is 0 Å². The number of quaternary nitrogens is 1. The first-order chi connectivity index (χ1) is 39.6. The van der Waals surface area contributed by atoms with E-state index in [2.05, 4.69) is 172 Å². The quantitative estimate of drug-likeness (QED) is 0.0195. The minimum atomic E-state index is -1.64. The maximum absolute atomic E-state index is 12.9. The van der Waals surface area contributed by atoms with Crippen molar-refractivity contribution >= 4 is 17.9 Å². The fourth-order valence-electron chi connectivity index (χ4n) is 7.92. The molecule has 0 aliphatic carbocycles. The first-order valence-electron chi connectivity index (χ1n) is 31.6. The molecule has 456 valence electrons. The third-order valence-corrected chi connectivity index (χ3v) is 12.8. The molecule has 2 unspecified atom stereocenters. The van der Waals surface area contributed by atoms with Crippen LogP contribution in [0.25, 0.3) is 0 Å². The normalized spacial score (nSPS) is 13.8. The van der Waals surface area contributed by atoms with Crippen molar-refractivity contribution in [3.05, 3.63) is 158 Å². The molecule has 0 fully saturated rings. The second kappa shape index (κ2) is 61.0. The number of carboxylic acids is 1. The number of hydrogen-bond acceptors (Lipinski definition) is 8. The molecule has 9 nitrogen and oxygen atoms in total. The van der Waals surface area contributed by atoms with Gasteiger partial charge >= 0.3 is 11.9 Å². The van der Waals surface area contributed by atoms with Crippen molar-refractivity contribution in [2.45, 2.75) is 232 Å². The fourth-order valence-corrected chi connectivity index (χ4v) is 7.92. The van der Waals surface area contributed by atoms with Gasteiger partial charge in [0.05, 0.1) is 40.3 Å². The zero-order chi connectivity index (χ0) is 59.1. The number of carboxylic acid groups (broad SMARTS) is 1. The monoisotopic (exact) mass is 1120 g/mol. The summed E-state index contributed by atoms with van der Waals surface area (Å²) in [6.45, 7) is 4.56. The van der Waals surface area contributed by atoms with E-state index in [0.717, 1.165) is 141 Å². The van der Waals surface area contributed by atoms with Gasteiger partial charge in [0.1, 0.15) is 13.2 Å². The van der Waals surface area contributed by atoms with E-state index < -0.39 is 24.3 Å². The molecule has 0 N–H and O–H groups in total. The zero-order valence-corrected chi connectivity index (χ0v) is 51.8. The Hall–Kier alpha value is -5.09. The lowest BCUT2D eigenvalue weighted by Crippen LogP contribution is -2.44. The molecule has 0 spiro atoms. The number of esters is 2. The average Bonchev–Trinajstić information content (AvgIpc) is 3.44. The van der Waals surface area contributed by atoms with Crippen LogP contribution in [0.2, 0.25) is 0 Å². The number of ether oxygens (including phenoxy) is 4. The molecule has 0 aromatic rings. The Morgan fingerprint density at radius 1 is 0.383 bits per heavy atom. The number of allylic oxidation sites excluding steroid dienone is 26. The lowest BCUT2D eigenvalue weighted by Gasteiger charge is -2.26. The number of nitrogens with zero attached hydrogens (tertiary/aromatic N) is 1. The lowest BCUT2D eigenvalue weighted by atomic mass is 10.1. The third-order valence-electron chi connectivity index (χ3n) is 12.8. The molecule has 0 heterocycles. The lowest BCUT2D eigenvalue weighted by molar-refractivity contribution is -0.870. The van der Waals surface area contributed by atoms with E-state index in [-0.39, 0.29) is 38.6 Å². The number of carbonyl (C=O) groups excluding carboxylic acids is 3. The molecule has 0 rings (SSSR count). The number of hydrogen-bond donors (Lipinski definition) is 0. The van der Waals surface area contributed by atoms with Crippen LogP contribution >= 0.6 is 0 Å². The standard InChI is InChI=1S/C72H115NO8/c1-6-8-10-12-14-16-18-20-22-23-24-25-26-27-28-29-30-31-32-33-34-35-36-37-38-39-40-41-42-43-44-45-46-47-49-51-53-55-57-59-61-63-70(75)81-68(67-80-72(71(76)77)78-65-64-73(3,4)5)66-79-69(74)62-60-58-56-54-52-50-48-21-19-17-15-13-11-9-7-2/h8,10,14,16,20-22,24-25,27-28,30-31,33-34,36-37,39-40,42-43,45-46,48-49,51,68,72H,6-7,9,11-13,15,17-19,23,26,29,32,35,38,41,44,47,50,52-67H2,1-5H3/b10-8-,16-14-,22-20-,25-24-,28-27-,31-30-,34-33-,37-36-,40-39-,43-42-,46-45-,48-21-,51-49-. The summed E-state index contributed by atoms with van der Waals surface area (Å²) < 4.78 is 22.6. The molecule has 0 aliphatic heterocycles. The Bertz CT molecular complexity index is 1880. The molecule has 2 atom stereocenters. The molecule has 0 aromatic carbocycles. The first kappa shape index (κ1) is 75.9. The van der Waals surface area contributed by atoms with Gasteiger partial charge in [-0.1, -0.05) is 236 Å². The van der Waals surface area contributed by atoms with E-state index in [9.17, 15) is 19.5 Å². The Morgan fingerprint density at radius 3 is 1.06 bits per heavy atom. The van der Waals surface area contributed by atoms with Crippen molar-refractivity contribution in [3.8, 4) is 0 Å². The van der Waals surface area contributed by atoms with Gasteiger partial charge in [0, 0.05) is 12.8 Å². The van der Waals surface area contributed by atoms with Gasteiger partial charge < -0.3 is 33.3 Å². The topological polar surface area (TPSA) is 111 Å².